The van der Waals surface area contributed by atoms with Crippen LogP contribution >= 0.6 is 0 Å². The van der Waals surface area contributed by atoms with E-state index in [1.54, 1.807) is 30.3 Å². The van der Waals surface area contributed by atoms with Crippen LogP contribution in [0.25, 0.3) is 11.1 Å². The van der Waals surface area contributed by atoms with E-state index in [-0.39, 0.29) is 24.3 Å². The van der Waals surface area contributed by atoms with Crippen molar-refractivity contribution in [2.45, 2.75) is 52.7 Å². The van der Waals surface area contributed by atoms with E-state index in [0.29, 0.717) is 29.7 Å². The molecule has 3 aromatic carbocycles. The van der Waals surface area contributed by atoms with Gasteiger partial charge in [-0.05, 0) is 55.7 Å². The Morgan fingerprint density at radius 3 is 2.05 bits per heavy atom. The lowest BCUT2D eigenvalue weighted by molar-refractivity contribution is 0.00701. The minimum Gasteiger partial charge on any atom is -0.456 e. The topological polar surface area (TPSA) is 81.5 Å². The summed E-state index contributed by atoms with van der Waals surface area (Å²) in [5.74, 6) is 0.108. The minimum atomic E-state index is -0.570. The van der Waals surface area contributed by atoms with Gasteiger partial charge in [-0.3, -0.25) is 14.5 Å². The van der Waals surface area contributed by atoms with E-state index in [4.69, 9.17) is 9.72 Å². The van der Waals surface area contributed by atoms with Crippen LogP contribution in [0.4, 0.5) is 0 Å². The number of carbonyl (C=O) groups excluding carboxylic acids is 3. The summed E-state index contributed by atoms with van der Waals surface area (Å²) in [5.41, 5.74) is 4.60. The maximum atomic E-state index is 12.8. The maximum absolute atomic E-state index is 12.8. The molecule has 2 heterocycles. The number of nitrogens with zero attached hydrogens (tertiary/aromatic N) is 3. The molecule has 0 unspecified atom stereocenters. The molecular weight excluding hydrogens is 502 g/mol. The molecule has 0 radical (unpaired) electrons. The molecule has 5 rings (SSSR count). The number of imidazole rings is 1. The summed E-state index contributed by atoms with van der Waals surface area (Å²) in [6.07, 6.45) is 3.25. The highest BCUT2D eigenvalue weighted by Gasteiger charge is 2.34. The highest BCUT2D eigenvalue weighted by atomic mass is 16.6. The van der Waals surface area contributed by atoms with E-state index in [9.17, 15) is 14.4 Å². The molecule has 0 aliphatic carbocycles. The van der Waals surface area contributed by atoms with Crippen molar-refractivity contribution < 1.29 is 19.1 Å². The molecule has 0 fully saturated rings. The first-order valence-corrected chi connectivity index (χ1v) is 13.6. The molecule has 2 amide bonds. The van der Waals surface area contributed by atoms with Gasteiger partial charge in [0.1, 0.15) is 11.4 Å². The van der Waals surface area contributed by atoms with Crippen LogP contribution in [-0.4, -0.2) is 44.4 Å². The fourth-order valence-corrected chi connectivity index (χ4v) is 4.95. The molecule has 0 atom stereocenters. The van der Waals surface area contributed by atoms with Gasteiger partial charge in [-0.2, -0.15) is 0 Å². The molecule has 204 valence electrons. The second-order valence-corrected chi connectivity index (χ2v) is 10.9. The van der Waals surface area contributed by atoms with E-state index in [1.165, 1.54) is 4.90 Å². The van der Waals surface area contributed by atoms with Crippen molar-refractivity contribution in [2.75, 3.05) is 6.54 Å². The lowest BCUT2D eigenvalue weighted by Gasteiger charge is -2.20. The molecule has 0 saturated heterocycles. The number of rotatable bonds is 8. The average molecular weight is 536 g/mol. The summed E-state index contributed by atoms with van der Waals surface area (Å²) >= 11 is 0. The van der Waals surface area contributed by atoms with Gasteiger partial charge in [0, 0.05) is 32.1 Å². The Morgan fingerprint density at radius 2 is 1.45 bits per heavy atom. The Hall–Kier alpha value is -4.52. The first-order valence-electron chi connectivity index (χ1n) is 13.6. The van der Waals surface area contributed by atoms with Gasteiger partial charge >= 0.3 is 5.97 Å². The van der Waals surface area contributed by atoms with Crippen molar-refractivity contribution in [1.82, 2.24) is 14.5 Å². The molecule has 1 aliphatic heterocycles. The predicted molar refractivity (Wildman–Crippen MR) is 153 cm³/mol. The van der Waals surface area contributed by atoms with Gasteiger partial charge in [-0.1, -0.05) is 61.5 Å². The number of fused-ring (bicyclic) bond motifs is 1. The molecule has 1 aliphatic rings. The van der Waals surface area contributed by atoms with E-state index in [0.717, 1.165) is 34.6 Å². The average Bonchev–Trinajstić information content (AvgIpc) is 3.44. The Morgan fingerprint density at radius 1 is 0.850 bits per heavy atom. The molecule has 0 saturated carbocycles. The Bertz CT molecular complexity index is 1540. The van der Waals surface area contributed by atoms with Crippen LogP contribution in [-0.2, 0) is 24.1 Å². The number of amides is 2. The molecule has 0 N–H and O–H groups in total. The van der Waals surface area contributed by atoms with Gasteiger partial charge < -0.3 is 9.30 Å². The number of esters is 1. The third-order valence-corrected chi connectivity index (χ3v) is 6.86. The van der Waals surface area contributed by atoms with E-state index in [2.05, 4.69) is 23.6 Å². The zero-order valence-electron chi connectivity index (χ0n) is 23.3. The predicted octanol–water partition coefficient (Wildman–Crippen LogP) is 5.95. The Labute approximate surface area is 234 Å². The summed E-state index contributed by atoms with van der Waals surface area (Å²) < 4.78 is 7.72. The smallest absolute Gasteiger partial charge is 0.339 e. The third-order valence-electron chi connectivity index (χ3n) is 6.86. The van der Waals surface area contributed by atoms with Crippen LogP contribution in [0.15, 0.2) is 79.0 Å². The lowest BCUT2D eigenvalue weighted by atomic mass is 9.98. The van der Waals surface area contributed by atoms with Crippen molar-refractivity contribution in [1.29, 1.82) is 0 Å². The summed E-state index contributed by atoms with van der Waals surface area (Å²) in [6.45, 7) is 8.57. The monoisotopic (exact) mass is 535 g/mol. The quantitative estimate of drug-likeness (QED) is 0.206. The van der Waals surface area contributed by atoms with Crippen LogP contribution in [0.5, 0.6) is 0 Å². The van der Waals surface area contributed by atoms with Gasteiger partial charge in [0.15, 0.2) is 0 Å². The number of aromatic nitrogens is 2. The summed E-state index contributed by atoms with van der Waals surface area (Å²) in [4.78, 5) is 44.3. The number of carbonyl (C=O) groups is 3. The van der Waals surface area contributed by atoms with E-state index < -0.39 is 5.60 Å². The molecule has 40 heavy (non-hydrogen) atoms. The van der Waals surface area contributed by atoms with Crippen molar-refractivity contribution in [3.05, 3.63) is 113 Å². The number of hydrogen-bond acceptors (Lipinski definition) is 5. The zero-order chi connectivity index (χ0) is 28.4. The normalized spacial score (nSPS) is 13.1. The lowest BCUT2D eigenvalue weighted by Crippen LogP contribution is -2.31. The Balaban J connectivity index is 1.28. The molecule has 0 bridgehead atoms. The summed E-state index contributed by atoms with van der Waals surface area (Å²) in [7, 11) is 0. The molecule has 4 aromatic rings. The summed E-state index contributed by atoms with van der Waals surface area (Å²) in [6, 6.07) is 22.6. The maximum Gasteiger partial charge on any atom is 0.339 e. The molecule has 1 aromatic heterocycles. The second-order valence-electron chi connectivity index (χ2n) is 10.9. The van der Waals surface area contributed by atoms with Gasteiger partial charge in [-0.25, -0.2) is 9.78 Å². The van der Waals surface area contributed by atoms with Gasteiger partial charge in [0.25, 0.3) is 11.8 Å². The van der Waals surface area contributed by atoms with Gasteiger partial charge in [0.05, 0.1) is 22.4 Å². The molecule has 0 spiro atoms. The fourth-order valence-electron chi connectivity index (χ4n) is 4.95. The number of hydrogen-bond donors (Lipinski definition) is 0. The largest absolute Gasteiger partial charge is 0.456 e. The van der Waals surface area contributed by atoms with Crippen molar-refractivity contribution in [2.24, 2.45) is 0 Å². The SMILES string of the molecule is CCc1nc(CCN2C(=O)c3ccccc3C2=O)cn1Cc1ccc(-c2ccccc2C(=O)OC(C)(C)C)cc1. The van der Waals surface area contributed by atoms with Crippen molar-refractivity contribution >= 4 is 17.8 Å². The van der Waals surface area contributed by atoms with Crippen LogP contribution < -0.4 is 0 Å². The first kappa shape index (κ1) is 27.1. The molecular formula is C33H33N3O4. The van der Waals surface area contributed by atoms with Gasteiger partial charge in [0.2, 0.25) is 0 Å². The summed E-state index contributed by atoms with van der Waals surface area (Å²) in [5, 5.41) is 0. The number of ether oxygens (including phenoxy) is 1. The van der Waals surface area contributed by atoms with Crippen LogP contribution in [0.2, 0.25) is 0 Å². The van der Waals surface area contributed by atoms with Crippen LogP contribution in [0.3, 0.4) is 0 Å². The fraction of sp³-hybridized carbons (Fsp3) is 0.273. The van der Waals surface area contributed by atoms with Crippen molar-refractivity contribution in [3.63, 3.8) is 0 Å². The number of imide groups is 1. The van der Waals surface area contributed by atoms with Crippen LogP contribution in [0, 0.1) is 0 Å². The molecule has 7 nitrogen and oxygen atoms in total. The number of benzene rings is 3. The Kier molecular flexibility index (Phi) is 7.39. The first-order chi connectivity index (χ1) is 19.1. The van der Waals surface area contributed by atoms with Crippen molar-refractivity contribution in [3.8, 4) is 11.1 Å². The highest BCUT2D eigenvalue weighted by molar-refractivity contribution is 6.21. The zero-order valence-corrected chi connectivity index (χ0v) is 23.3. The van der Waals surface area contributed by atoms with Gasteiger partial charge in [-0.15, -0.1) is 0 Å². The van der Waals surface area contributed by atoms with E-state index >= 15 is 0 Å². The minimum absolute atomic E-state index is 0.246. The van der Waals surface area contributed by atoms with Crippen LogP contribution in [0.1, 0.15) is 75.9 Å². The molecule has 7 heteroatoms. The number of aryl methyl sites for hydroxylation is 1. The second kappa shape index (κ2) is 10.9. The van der Waals surface area contributed by atoms with E-state index in [1.807, 2.05) is 57.3 Å². The highest BCUT2D eigenvalue weighted by Crippen LogP contribution is 2.27. The third kappa shape index (κ3) is 5.59. The standard InChI is InChI=1S/C33H33N3O4/c1-5-29-34-24(18-19-36-30(37)26-11-7-8-12-27(26)31(36)38)21-35(29)20-22-14-16-23(17-15-22)25-10-6-9-13-28(25)32(39)40-33(2,3)4/h6-17,21H,5,18-20H2,1-4H3.